The number of nitrogens with zero attached hydrogens (tertiary/aromatic N) is 7. The average Bonchev–Trinajstić information content (AvgIpc) is 2.89. The van der Waals surface area contributed by atoms with E-state index in [0.29, 0.717) is 60.8 Å². The van der Waals surface area contributed by atoms with Crippen molar-refractivity contribution in [2.75, 3.05) is 56.5 Å². The molecule has 0 spiro atoms. The minimum atomic E-state index is -0.484. The Morgan fingerprint density at radius 2 is 1.71 bits per heavy atom. The lowest BCUT2D eigenvalue weighted by Gasteiger charge is -2.34. The molecule has 0 bridgehead atoms. The highest BCUT2D eigenvalue weighted by Gasteiger charge is 2.23. The molecule has 3 N–H and O–H groups in total. The quantitative estimate of drug-likeness (QED) is 0.558. The Labute approximate surface area is 202 Å². The van der Waals surface area contributed by atoms with E-state index in [2.05, 4.69) is 19.8 Å². The summed E-state index contributed by atoms with van der Waals surface area (Å²) in [6, 6.07) is 2.99. The Morgan fingerprint density at radius 1 is 1.00 bits per heavy atom. The highest BCUT2D eigenvalue weighted by molar-refractivity contribution is 5.95. The number of halogens is 1. The minimum absolute atomic E-state index is 0.161. The maximum atomic E-state index is 14.9. The number of hydrogen-bond donors (Lipinski definition) is 2. The second-order valence-electron chi connectivity index (χ2n) is 9.03. The van der Waals surface area contributed by atoms with Crippen LogP contribution >= 0.6 is 0 Å². The lowest BCUT2D eigenvalue weighted by atomic mass is 10.0. The zero-order valence-corrected chi connectivity index (χ0v) is 19.5. The molecule has 2 fully saturated rings. The normalized spacial score (nSPS) is 17.2. The molecule has 0 radical (unpaired) electrons. The molecular formula is C24H29FN8O2. The Balaban J connectivity index is 1.54. The summed E-state index contributed by atoms with van der Waals surface area (Å²) in [5.74, 6) is 0.146. The van der Waals surface area contributed by atoms with Gasteiger partial charge >= 0.3 is 0 Å². The minimum Gasteiger partial charge on any atom is -0.387 e. The molecule has 0 aliphatic carbocycles. The SMILES string of the molecule is Nc1ncc(-c2nc(N3CCCCC3)nc3c(CN4CCN(C(=O)CO)CC4)cc(F)cc23)cn1. The van der Waals surface area contributed by atoms with E-state index in [-0.39, 0.29) is 17.7 Å². The van der Waals surface area contributed by atoms with Crippen LogP contribution in [0.3, 0.4) is 0 Å². The number of anilines is 2. The van der Waals surface area contributed by atoms with Gasteiger partial charge in [0.05, 0.1) is 11.2 Å². The van der Waals surface area contributed by atoms with Crippen molar-refractivity contribution in [3.63, 3.8) is 0 Å². The van der Waals surface area contributed by atoms with Crippen molar-refractivity contribution in [2.45, 2.75) is 25.8 Å². The molecule has 0 atom stereocenters. The summed E-state index contributed by atoms with van der Waals surface area (Å²) in [6.45, 7) is 4.06. The van der Waals surface area contributed by atoms with Crippen LogP contribution in [0.25, 0.3) is 22.2 Å². The van der Waals surface area contributed by atoms with Crippen molar-refractivity contribution in [1.29, 1.82) is 0 Å². The van der Waals surface area contributed by atoms with E-state index in [1.807, 2.05) is 0 Å². The zero-order chi connectivity index (χ0) is 24.4. The molecule has 184 valence electrons. The third-order valence-electron chi connectivity index (χ3n) is 6.67. The molecule has 35 heavy (non-hydrogen) atoms. The molecule has 11 heteroatoms. The molecule has 1 amide bonds. The monoisotopic (exact) mass is 480 g/mol. The zero-order valence-electron chi connectivity index (χ0n) is 19.5. The van der Waals surface area contributed by atoms with Gasteiger partial charge in [-0.05, 0) is 37.0 Å². The first-order valence-electron chi connectivity index (χ1n) is 12.0. The summed E-state index contributed by atoms with van der Waals surface area (Å²) in [6.07, 6.45) is 6.55. The fourth-order valence-electron chi connectivity index (χ4n) is 4.79. The molecule has 3 aromatic rings. The van der Waals surface area contributed by atoms with Gasteiger partial charge in [-0.1, -0.05) is 0 Å². The maximum absolute atomic E-state index is 14.9. The molecule has 4 heterocycles. The second-order valence-corrected chi connectivity index (χ2v) is 9.03. The van der Waals surface area contributed by atoms with Gasteiger partial charge in [0, 0.05) is 69.2 Å². The van der Waals surface area contributed by atoms with Crippen LogP contribution < -0.4 is 10.6 Å². The number of rotatable bonds is 5. The topological polar surface area (TPSA) is 125 Å². The highest BCUT2D eigenvalue weighted by atomic mass is 19.1. The van der Waals surface area contributed by atoms with Gasteiger partial charge in [0.2, 0.25) is 17.8 Å². The summed E-state index contributed by atoms with van der Waals surface area (Å²) < 4.78 is 14.9. The number of amides is 1. The van der Waals surface area contributed by atoms with Gasteiger partial charge in [0.15, 0.2) is 0 Å². The number of carbonyl (C=O) groups excluding carboxylic acids is 1. The fraction of sp³-hybridized carbons (Fsp3) is 0.458. The van der Waals surface area contributed by atoms with Crippen molar-refractivity contribution in [2.24, 2.45) is 0 Å². The van der Waals surface area contributed by atoms with E-state index in [1.54, 1.807) is 17.3 Å². The number of aliphatic hydroxyl groups excluding tert-OH is 1. The molecule has 0 saturated carbocycles. The van der Waals surface area contributed by atoms with Crippen LogP contribution in [0.2, 0.25) is 0 Å². The van der Waals surface area contributed by atoms with E-state index in [4.69, 9.17) is 20.8 Å². The van der Waals surface area contributed by atoms with Crippen LogP contribution in [-0.2, 0) is 11.3 Å². The Bertz CT molecular complexity index is 1210. The van der Waals surface area contributed by atoms with Crippen LogP contribution in [0.5, 0.6) is 0 Å². The van der Waals surface area contributed by atoms with Gasteiger partial charge < -0.3 is 20.6 Å². The number of nitrogens with two attached hydrogens (primary N) is 1. The number of benzene rings is 1. The van der Waals surface area contributed by atoms with E-state index < -0.39 is 6.61 Å². The van der Waals surface area contributed by atoms with Crippen LogP contribution in [0.4, 0.5) is 16.3 Å². The lowest BCUT2D eigenvalue weighted by Crippen LogP contribution is -2.49. The molecule has 2 aliphatic heterocycles. The lowest BCUT2D eigenvalue weighted by molar-refractivity contribution is -0.135. The Kier molecular flexibility index (Phi) is 6.69. The number of carbonyl (C=O) groups is 1. The highest BCUT2D eigenvalue weighted by Crippen LogP contribution is 2.32. The molecule has 5 rings (SSSR count). The molecule has 0 unspecified atom stereocenters. The van der Waals surface area contributed by atoms with E-state index in [1.165, 1.54) is 18.6 Å². The van der Waals surface area contributed by atoms with Gasteiger partial charge in [-0.3, -0.25) is 9.69 Å². The summed E-state index contributed by atoms with van der Waals surface area (Å²) >= 11 is 0. The number of piperazine rings is 1. The summed E-state index contributed by atoms with van der Waals surface area (Å²) in [7, 11) is 0. The molecule has 1 aromatic carbocycles. The van der Waals surface area contributed by atoms with E-state index in [9.17, 15) is 9.18 Å². The summed E-state index contributed by atoms with van der Waals surface area (Å²) in [5.41, 5.74) is 8.38. The molecule has 2 aromatic heterocycles. The summed E-state index contributed by atoms with van der Waals surface area (Å²) in [5, 5.41) is 9.73. The van der Waals surface area contributed by atoms with Crippen molar-refractivity contribution in [3.8, 4) is 11.3 Å². The number of fused-ring (bicyclic) bond motifs is 1. The second kappa shape index (κ2) is 10.0. The number of nitrogen functional groups attached to an aromatic ring is 1. The molecule has 2 aliphatic rings. The van der Waals surface area contributed by atoms with Gasteiger partial charge in [-0.2, -0.15) is 0 Å². The predicted octanol–water partition coefficient (Wildman–Crippen LogP) is 1.43. The largest absolute Gasteiger partial charge is 0.387 e. The standard InChI is InChI=1S/C24H29FN8O2/c25-18-10-16(14-31-6-8-32(9-7-31)20(35)15-34)21-19(11-18)22(17-12-27-23(26)28-13-17)30-24(29-21)33-4-2-1-3-5-33/h10-13,34H,1-9,14-15H2,(H2,26,27,28). The Morgan fingerprint density at radius 3 is 2.40 bits per heavy atom. The van der Waals surface area contributed by atoms with Gasteiger partial charge in [-0.15, -0.1) is 0 Å². The Hall–Kier alpha value is -3.44. The number of hydrogen-bond acceptors (Lipinski definition) is 9. The van der Waals surface area contributed by atoms with Crippen LogP contribution in [0.15, 0.2) is 24.5 Å². The first-order valence-corrected chi connectivity index (χ1v) is 12.0. The first-order chi connectivity index (χ1) is 17.0. The fourth-order valence-corrected chi connectivity index (χ4v) is 4.79. The third kappa shape index (κ3) is 5.01. The van der Waals surface area contributed by atoms with Crippen molar-refractivity contribution in [1.82, 2.24) is 29.7 Å². The average molecular weight is 481 g/mol. The van der Waals surface area contributed by atoms with Gasteiger partial charge in [-0.25, -0.2) is 24.3 Å². The van der Waals surface area contributed by atoms with E-state index in [0.717, 1.165) is 31.5 Å². The van der Waals surface area contributed by atoms with Gasteiger partial charge in [0.25, 0.3) is 0 Å². The molecule has 10 nitrogen and oxygen atoms in total. The van der Waals surface area contributed by atoms with Crippen molar-refractivity contribution < 1.29 is 14.3 Å². The summed E-state index contributed by atoms with van der Waals surface area (Å²) in [4.78, 5) is 35.8. The van der Waals surface area contributed by atoms with Crippen LogP contribution in [0, 0.1) is 5.82 Å². The van der Waals surface area contributed by atoms with Crippen molar-refractivity contribution in [3.05, 3.63) is 35.9 Å². The van der Waals surface area contributed by atoms with Crippen molar-refractivity contribution >= 4 is 28.7 Å². The van der Waals surface area contributed by atoms with Crippen LogP contribution in [-0.4, -0.2) is 86.6 Å². The predicted molar refractivity (Wildman–Crippen MR) is 130 cm³/mol. The smallest absolute Gasteiger partial charge is 0.248 e. The van der Waals surface area contributed by atoms with Gasteiger partial charge in [0.1, 0.15) is 12.4 Å². The third-order valence-corrected chi connectivity index (χ3v) is 6.67. The van der Waals surface area contributed by atoms with E-state index >= 15 is 0 Å². The number of aromatic nitrogens is 4. The maximum Gasteiger partial charge on any atom is 0.248 e. The van der Waals surface area contributed by atoms with Crippen LogP contribution in [0.1, 0.15) is 24.8 Å². The number of piperidine rings is 1. The molecular weight excluding hydrogens is 451 g/mol. The number of aliphatic hydroxyl groups is 1. The molecule has 2 saturated heterocycles. The first kappa shape index (κ1) is 23.3.